The van der Waals surface area contributed by atoms with Crippen LogP contribution in [0.1, 0.15) is 11.3 Å². The van der Waals surface area contributed by atoms with Gasteiger partial charge in [0.15, 0.2) is 0 Å². The van der Waals surface area contributed by atoms with Crippen molar-refractivity contribution in [3.05, 3.63) is 58.3 Å². The van der Waals surface area contributed by atoms with E-state index in [0.29, 0.717) is 12.5 Å². The Morgan fingerprint density at radius 1 is 1.22 bits per heavy atom. The minimum Gasteiger partial charge on any atom is -0.493 e. The molecule has 0 aliphatic rings. The van der Waals surface area contributed by atoms with E-state index in [0.717, 1.165) is 27.9 Å². The molecule has 0 unspecified atom stereocenters. The number of pyridine rings is 1. The van der Waals surface area contributed by atoms with Crippen molar-refractivity contribution in [3.63, 3.8) is 0 Å². The van der Waals surface area contributed by atoms with Crippen LogP contribution in [-0.4, -0.2) is 11.6 Å². The lowest BCUT2D eigenvalue weighted by Crippen LogP contribution is -2.04. The van der Waals surface area contributed by atoms with E-state index < -0.39 is 0 Å². The standard InChI is InChI=1S/C14H13BrClNO/c15-12-4-5-14(11(9-12)10-16)18-8-6-13-3-1-2-7-17-13/h1-5,7,9H,6,8,10H2. The van der Waals surface area contributed by atoms with Gasteiger partial charge in [0.05, 0.1) is 12.5 Å². The van der Waals surface area contributed by atoms with E-state index >= 15 is 0 Å². The Morgan fingerprint density at radius 3 is 2.83 bits per heavy atom. The largest absolute Gasteiger partial charge is 0.493 e. The Morgan fingerprint density at radius 2 is 2.11 bits per heavy atom. The van der Waals surface area contributed by atoms with Gasteiger partial charge in [0.2, 0.25) is 0 Å². The van der Waals surface area contributed by atoms with E-state index in [-0.39, 0.29) is 0 Å². The van der Waals surface area contributed by atoms with Gasteiger partial charge in [-0.05, 0) is 30.3 Å². The van der Waals surface area contributed by atoms with Gasteiger partial charge in [0.25, 0.3) is 0 Å². The average molecular weight is 327 g/mol. The molecular weight excluding hydrogens is 314 g/mol. The molecule has 0 aliphatic carbocycles. The van der Waals surface area contributed by atoms with Gasteiger partial charge in [0.1, 0.15) is 5.75 Å². The second-order valence-corrected chi connectivity index (χ2v) is 4.99. The minimum absolute atomic E-state index is 0.443. The molecule has 0 bridgehead atoms. The zero-order chi connectivity index (χ0) is 12.8. The van der Waals surface area contributed by atoms with E-state index in [2.05, 4.69) is 20.9 Å². The maximum Gasteiger partial charge on any atom is 0.123 e. The Balaban J connectivity index is 1.94. The Kier molecular flexibility index (Phi) is 5.02. The summed E-state index contributed by atoms with van der Waals surface area (Å²) in [6.45, 7) is 0.600. The monoisotopic (exact) mass is 325 g/mol. The molecule has 2 nitrogen and oxygen atoms in total. The van der Waals surface area contributed by atoms with Gasteiger partial charge in [-0.1, -0.05) is 22.0 Å². The van der Waals surface area contributed by atoms with Crippen LogP contribution < -0.4 is 4.74 Å². The van der Waals surface area contributed by atoms with E-state index in [1.165, 1.54) is 0 Å². The number of rotatable bonds is 5. The minimum atomic E-state index is 0.443. The molecule has 0 N–H and O–H groups in total. The van der Waals surface area contributed by atoms with Crippen LogP contribution in [0.3, 0.4) is 0 Å². The van der Waals surface area contributed by atoms with Crippen molar-refractivity contribution < 1.29 is 4.74 Å². The smallest absolute Gasteiger partial charge is 0.123 e. The molecular formula is C14H13BrClNO. The van der Waals surface area contributed by atoms with Gasteiger partial charge in [-0.25, -0.2) is 0 Å². The molecule has 1 aromatic carbocycles. The van der Waals surface area contributed by atoms with E-state index in [1.807, 2.05) is 36.4 Å². The van der Waals surface area contributed by atoms with Gasteiger partial charge >= 0.3 is 0 Å². The van der Waals surface area contributed by atoms with Crippen LogP contribution in [0.2, 0.25) is 0 Å². The molecule has 0 atom stereocenters. The van der Waals surface area contributed by atoms with Crippen molar-refractivity contribution in [2.24, 2.45) is 0 Å². The van der Waals surface area contributed by atoms with Crippen LogP contribution in [0.15, 0.2) is 47.1 Å². The van der Waals surface area contributed by atoms with Gasteiger partial charge in [-0.2, -0.15) is 0 Å². The average Bonchev–Trinajstić information content (AvgIpc) is 2.41. The van der Waals surface area contributed by atoms with Crippen LogP contribution in [0.25, 0.3) is 0 Å². The Labute approximate surface area is 120 Å². The fourth-order valence-electron chi connectivity index (χ4n) is 1.60. The highest BCUT2D eigenvalue weighted by Crippen LogP contribution is 2.24. The molecule has 0 spiro atoms. The van der Waals surface area contributed by atoms with Crippen LogP contribution in [0.5, 0.6) is 5.75 Å². The molecule has 0 saturated carbocycles. The number of nitrogens with zero attached hydrogens (tertiary/aromatic N) is 1. The van der Waals surface area contributed by atoms with Crippen molar-refractivity contribution >= 4 is 27.5 Å². The quantitative estimate of drug-likeness (QED) is 0.768. The number of benzene rings is 1. The summed E-state index contributed by atoms with van der Waals surface area (Å²) >= 11 is 9.30. The van der Waals surface area contributed by atoms with Crippen molar-refractivity contribution in [2.75, 3.05) is 6.61 Å². The summed E-state index contributed by atoms with van der Waals surface area (Å²) in [5, 5.41) is 0. The van der Waals surface area contributed by atoms with Gasteiger partial charge in [-0.15, -0.1) is 11.6 Å². The first-order chi connectivity index (χ1) is 8.79. The fraction of sp³-hybridized carbons (Fsp3) is 0.214. The molecule has 2 rings (SSSR count). The summed E-state index contributed by atoms with van der Waals surface area (Å²) in [4.78, 5) is 4.25. The Bertz CT molecular complexity index is 504. The zero-order valence-corrected chi connectivity index (χ0v) is 12.1. The first-order valence-electron chi connectivity index (χ1n) is 5.66. The van der Waals surface area contributed by atoms with Crippen molar-refractivity contribution in [1.29, 1.82) is 0 Å². The number of ether oxygens (including phenoxy) is 1. The molecule has 0 saturated heterocycles. The highest BCUT2D eigenvalue weighted by Gasteiger charge is 2.03. The number of alkyl halides is 1. The highest BCUT2D eigenvalue weighted by atomic mass is 79.9. The van der Waals surface area contributed by atoms with Crippen LogP contribution in [-0.2, 0) is 12.3 Å². The number of halogens is 2. The van der Waals surface area contributed by atoms with Crippen molar-refractivity contribution in [1.82, 2.24) is 4.98 Å². The molecule has 4 heteroatoms. The predicted molar refractivity (Wildman–Crippen MR) is 77.1 cm³/mol. The van der Waals surface area contributed by atoms with Crippen LogP contribution in [0.4, 0.5) is 0 Å². The maximum absolute atomic E-state index is 5.89. The summed E-state index contributed by atoms with van der Waals surface area (Å²) in [7, 11) is 0. The number of hydrogen-bond donors (Lipinski definition) is 0. The highest BCUT2D eigenvalue weighted by molar-refractivity contribution is 9.10. The molecule has 1 aromatic heterocycles. The molecule has 0 radical (unpaired) electrons. The lowest BCUT2D eigenvalue weighted by atomic mass is 10.2. The third kappa shape index (κ3) is 3.72. The van der Waals surface area contributed by atoms with Crippen LogP contribution in [0, 0.1) is 0 Å². The topological polar surface area (TPSA) is 22.1 Å². The Hall–Kier alpha value is -1.06. The second kappa shape index (κ2) is 6.76. The second-order valence-electron chi connectivity index (χ2n) is 3.81. The SMILES string of the molecule is ClCc1cc(Br)ccc1OCCc1ccccn1. The maximum atomic E-state index is 5.89. The lowest BCUT2D eigenvalue weighted by molar-refractivity contribution is 0.318. The summed E-state index contributed by atoms with van der Waals surface area (Å²) < 4.78 is 6.75. The first-order valence-corrected chi connectivity index (χ1v) is 6.99. The summed E-state index contributed by atoms with van der Waals surface area (Å²) in [5.74, 6) is 1.28. The van der Waals surface area contributed by atoms with E-state index in [4.69, 9.17) is 16.3 Å². The summed E-state index contributed by atoms with van der Waals surface area (Å²) in [6.07, 6.45) is 2.58. The number of aromatic nitrogens is 1. The molecule has 0 fully saturated rings. The van der Waals surface area contributed by atoms with Crippen molar-refractivity contribution in [2.45, 2.75) is 12.3 Å². The summed E-state index contributed by atoms with van der Waals surface area (Å²) in [6, 6.07) is 11.7. The van der Waals surface area contributed by atoms with E-state index in [1.54, 1.807) is 6.20 Å². The molecule has 2 aromatic rings. The number of hydrogen-bond acceptors (Lipinski definition) is 2. The normalized spacial score (nSPS) is 10.3. The van der Waals surface area contributed by atoms with Crippen LogP contribution >= 0.6 is 27.5 Å². The van der Waals surface area contributed by atoms with Gasteiger partial charge in [-0.3, -0.25) is 4.98 Å². The third-order valence-corrected chi connectivity index (χ3v) is 3.29. The van der Waals surface area contributed by atoms with Gasteiger partial charge < -0.3 is 4.74 Å². The molecule has 1 heterocycles. The molecule has 0 aliphatic heterocycles. The fourth-order valence-corrected chi connectivity index (χ4v) is 2.22. The first kappa shape index (κ1) is 13.4. The van der Waals surface area contributed by atoms with Gasteiger partial charge in [0, 0.05) is 28.3 Å². The van der Waals surface area contributed by atoms with Crippen molar-refractivity contribution in [3.8, 4) is 5.75 Å². The molecule has 94 valence electrons. The van der Waals surface area contributed by atoms with E-state index in [9.17, 15) is 0 Å². The molecule has 18 heavy (non-hydrogen) atoms. The summed E-state index contributed by atoms with van der Waals surface area (Å²) in [5.41, 5.74) is 2.02. The zero-order valence-electron chi connectivity index (χ0n) is 9.77. The third-order valence-electron chi connectivity index (χ3n) is 2.51. The predicted octanol–water partition coefficient (Wildman–Crippen LogP) is 4.20. The lowest BCUT2D eigenvalue weighted by Gasteiger charge is -2.10. The molecule has 0 amide bonds.